The van der Waals surface area contributed by atoms with Crippen LogP contribution in [0.25, 0.3) is 0 Å². The largest absolute Gasteiger partial charge is 0.0744 e. The lowest BCUT2D eigenvalue weighted by molar-refractivity contribution is 0.643. The number of allylic oxidation sites excluding steroid dienone is 4. The van der Waals surface area contributed by atoms with E-state index >= 15 is 0 Å². The summed E-state index contributed by atoms with van der Waals surface area (Å²) in [6.45, 7) is 2.30. The van der Waals surface area contributed by atoms with E-state index in [-0.39, 0.29) is 0 Å². The summed E-state index contributed by atoms with van der Waals surface area (Å²) in [4.78, 5) is 0. The zero-order chi connectivity index (χ0) is 8.55. The Labute approximate surface area is 78.2 Å². The van der Waals surface area contributed by atoms with Crippen molar-refractivity contribution >= 4 is 10.2 Å². The van der Waals surface area contributed by atoms with Gasteiger partial charge in [-0.2, -0.15) is 0 Å². The zero-order valence-corrected chi connectivity index (χ0v) is 10.2. The van der Waals surface area contributed by atoms with Crippen LogP contribution in [-0.4, -0.2) is 10.2 Å². The molecule has 66 valence electrons. The van der Waals surface area contributed by atoms with Crippen molar-refractivity contribution in [2.24, 2.45) is 5.92 Å². The molecule has 1 atom stereocenters. The summed E-state index contributed by atoms with van der Waals surface area (Å²) in [5.41, 5.74) is 5.15. The Morgan fingerprint density at radius 3 is 2.92 bits per heavy atom. The van der Waals surface area contributed by atoms with E-state index in [1.54, 1.807) is 11.1 Å². The lowest BCUT2D eigenvalue weighted by Crippen LogP contribution is -2.03. The number of rotatable bonds is 1. The molecule has 0 aromatic rings. The van der Waals surface area contributed by atoms with Gasteiger partial charge in [0.25, 0.3) is 0 Å². The average molecular weight is 178 g/mol. The van der Waals surface area contributed by atoms with Crippen LogP contribution in [0.1, 0.15) is 32.6 Å². The predicted molar refractivity (Wildman–Crippen MR) is 57.5 cm³/mol. The molecule has 12 heavy (non-hydrogen) atoms. The fourth-order valence-corrected chi connectivity index (χ4v) is 3.38. The minimum absolute atomic E-state index is 0.868. The first-order chi connectivity index (χ1) is 5.83. The molecule has 2 aliphatic carbocycles. The van der Waals surface area contributed by atoms with Crippen molar-refractivity contribution in [3.05, 3.63) is 22.8 Å². The molecule has 0 fully saturated rings. The molecule has 1 unspecified atom stereocenters. The summed E-state index contributed by atoms with van der Waals surface area (Å²) in [6.07, 6.45) is 8.16. The molecule has 0 saturated heterocycles. The van der Waals surface area contributed by atoms with Gasteiger partial charge in [0.2, 0.25) is 0 Å². The third kappa shape index (κ3) is 1.20. The third-order valence-corrected chi connectivity index (χ3v) is 4.20. The SMILES string of the molecule is CC1=CC(C[SiH3])C2=C1CCCC2. The Bertz CT molecular complexity index is 248. The molecular formula is C11H18Si. The second-order valence-corrected chi connectivity index (χ2v) is 4.89. The average Bonchev–Trinajstić information content (AvgIpc) is 2.44. The van der Waals surface area contributed by atoms with Crippen LogP contribution in [0.3, 0.4) is 0 Å². The van der Waals surface area contributed by atoms with E-state index < -0.39 is 0 Å². The Balaban J connectivity index is 2.29. The summed E-state index contributed by atoms with van der Waals surface area (Å²) in [5.74, 6) is 0.868. The van der Waals surface area contributed by atoms with E-state index in [2.05, 4.69) is 13.0 Å². The predicted octanol–water partition coefficient (Wildman–Crippen LogP) is 2.22. The van der Waals surface area contributed by atoms with Crippen LogP contribution in [0.4, 0.5) is 0 Å². The normalized spacial score (nSPS) is 29.1. The summed E-state index contributed by atoms with van der Waals surface area (Å²) >= 11 is 0. The van der Waals surface area contributed by atoms with Crippen molar-refractivity contribution in [2.75, 3.05) is 0 Å². The first-order valence-corrected chi connectivity index (χ1v) is 6.65. The van der Waals surface area contributed by atoms with Crippen LogP contribution in [0.5, 0.6) is 0 Å². The van der Waals surface area contributed by atoms with Crippen LogP contribution in [0, 0.1) is 5.92 Å². The van der Waals surface area contributed by atoms with Crippen molar-refractivity contribution in [3.8, 4) is 0 Å². The first kappa shape index (κ1) is 8.30. The molecule has 2 rings (SSSR count). The fraction of sp³-hybridized carbons (Fsp3) is 0.636. The molecule has 1 heteroatoms. The standard InChI is InChI=1S/C11H18Si/c1-8-6-9(7-12)11-5-3-2-4-10(8)11/h6,9H,2-5,7H2,1,12H3. The quantitative estimate of drug-likeness (QED) is 0.540. The summed E-state index contributed by atoms with van der Waals surface area (Å²) in [5, 5.41) is 0. The molecule has 0 aromatic carbocycles. The highest BCUT2D eigenvalue weighted by Gasteiger charge is 2.24. The monoisotopic (exact) mass is 178 g/mol. The van der Waals surface area contributed by atoms with Crippen LogP contribution < -0.4 is 0 Å². The minimum Gasteiger partial charge on any atom is -0.0744 e. The van der Waals surface area contributed by atoms with Crippen LogP contribution in [-0.2, 0) is 0 Å². The molecule has 0 heterocycles. The van der Waals surface area contributed by atoms with Gasteiger partial charge in [-0.15, -0.1) is 0 Å². The summed E-state index contributed by atoms with van der Waals surface area (Å²) in [7, 11) is 1.35. The Morgan fingerprint density at radius 2 is 2.17 bits per heavy atom. The van der Waals surface area contributed by atoms with Crippen LogP contribution in [0.2, 0.25) is 6.04 Å². The van der Waals surface area contributed by atoms with Gasteiger partial charge in [-0.25, -0.2) is 0 Å². The topological polar surface area (TPSA) is 0 Å². The number of hydrogen-bond acceptors (Lipinski definition) is 0. The van der Waals surface area contributed by atoms with Gasteiger partial charge in [-0.1, -0.05) is 23.3 Å². The Hall–Kier alpha value is -0.303. The maximum absolute atomic E-state index is 2.52. The van der Waals surface area contributed by atoms with E-state index in [9.17, 15) is 0 Å². The highest BCUT2D eigenvalue weighted by Crippen LogP contribution is 2.41. The third-order valence-electron chi connectivity index (χ3n) is 3.33. The van der Waals surface area contributed by atoms with Crippen molar-refractivity contribution < 1.29 is 0 Å². The van der Waals surface area contributed by atoms with Crippen molar-refractivity contribution in [3.63, 3.8) is 0 Å². The lowest BCUT2D eigenvalue weighted by Gasteiger charge is -2.19. The van der Waals surface area contributed by atoms with Gasteiger partial charge in [0.15, 0.2) is 0 Å². The zero-order valence-electron chi connectivity index (χ0n) is 8.19. The maximum Gasteiger partial charge on any atom is 0.00395 e. The molecule has 0 saturated carbocycles. The highest BCUT2D eigenvalue weighted by atomic mass is 28.1. The molecule has 0 spiro atoms. The second kappa shape index (κ2) is 3.21. The van der Waals surface area contributed by atoms with Gasteiger partial charge in [0.05, 0.1) is 0 Å². The Kier molecular flexibility index (Phi) is 2.22. The lowest BCUT2D eigenvalue weighted by atomic mass is 9.88. The highest BCUT2D eigenvalue weighted by molar-refractivity contribution is 6.09. The molecule has 2 aliphatic rings. The Morgan fingerprint density at radius 1 is 1.42 bits per heavy atom. The van der Waals surface area contributed by atoms with Crippen molar-refractivity contribution in [1.29, 1.82) is 0 Å². The van der Waals surface area contributed by atoms with E-state index in [0.717, 1.165) is 5.92 Å². The van der Waals surface area contributed by atoms with Gasteiger partial charge >= 0.3 is 0 Å². The first-order valence-electron chi connectivity index (χ1n) is 5.23. The number of hydrogen-bond donors (Lipinski definition) is 0. The maximum atomic E-state index is 2.52. The fourth-order valence-electron chi connectivity index (χ4n) is 2.66. The van der Waals surface area contributed by atoms with E-state index in [4.69, 9.17) is 0 Å². The molecule has 0 radical (unpaired) electrons. The van der Waals surface area contributed by atoms with Gasteiger partial charge < -0.3 is 0 Å². The van der Waals surface area contributed by atoms with Crippen molar-refractivity contribution in [1.82, 2.24) is 0 Å². The smallest absolute Gasteiger partial charge is 0.00395 e. The molecule has 0 bridgehead atoms. The van der Waals surface area contributed by atoms with E-state index in [1.807, 2.05) is 5.57 Å². The van der Waals surface area contributed by atoms with E-state index in [1.165, 1.54) is 42.0 Å². The van der Waals surface area contributed by atoms with Gasteiger partial charge in [-0.3, -0.25) is 0 Å². The molecule has 0 aliphatic heterocycles. The van der Waals surface area contributed by atoms with Gasteiger partial charge in [0.1, 0.15) is 0 Å². The molecule has 0 aromatic heterocycles. The second-order valence-electron chi connectivity index (χ2n) is 4.08. The van der Waals surface area contributed by atoms with Crippen molar-refractivity contribution in [2.45, 2.75) is 38.7 Å². The molecule has 0 amide bonds. The molecular weight excluding hydrogens is 160 g/mol. The van der Waals surface area contributed by atoms with Crippen LogP contribution in [0.15, 0.2) is 22.8 Å². The minimum atomic E-state index is 0.868. The van der Waals surface area contributed by atoms with Crippen LogP contribution >= 0.6 is 0 Å². The molecule has 0 nitrogen and oxygen atoms in total. The van der Waals surface area contributed by atoms with Gasteiger partial charge in [-0.05, 0) is 44.1 Å². The summed E-state index contributed by atoms with van der Waals surface area (Å²) < 4.78 is 0. The van der Waals surface area contributed by atoms with Gasteiger partial charge in [0, 0.05) is 10.2 Å². The van der Waals surface area contributed by atoms with E-state index in [0.29, 0.717) is 0 Å². The molecule has 0 N–H and O–H groups in total. The summed E-state index contributed by atoms with van der Waals surface area (Å²) in [6, 6.07) is 1.44.